The van der Waals surface area contributed by atoms with Crippen molar-refractivity contribution in [3.63, 3.8) is 0 Å². The molecule has 0 aromatic heterocycles. The number of benzene rings is 1. The summed E-state index contributed by atoms with van der Waals surface area (Å²) in [5.41, 5.74) is 1.16. The molecule has 1 aromatic rings. The molecule has 0 radical (unpaired) electrons. The molecule has 1 fully saturated rings. The maximum Gasteiger partial charge on any atom is 0.193 e. The molecule has 0 amide bonds. The van der Waals surface area contributed by atoms with E-state index < -0.39 is 0 Å². The molecule has 4 nitrogen and oxygen atoms in total. The van der Waals surface area contributed by atoms with E-state index in [0.717, 1.165) is 68.6 Å². The summed E-state index contributed by atoms with van der Waals surface area (Å²) in [4.78, 5) is 7.12. The topological polar surface area (TPSA) is 36.9 Å². The van der Waals surface area contributed by atoms with E-state index in [0.29, 0.717) is 6.10 Å². The Labute approximate surface area is 168 Å². The molecule has 0 unspecified atom stereocenters. The van der Waals surface area contributed by atoms with E-state index in [2.05, 4.69) is 30.1 Å². The molecule has 2 rings (SSSR count). The predicted octanol–water partition coefficient (Wildman–Crippen LogP) is 3.97. The molecule has 0 saturated carbocycles. The first-order valence-corrected chi connectivity index (χ1v) is 9.00. The summed E-state index contributed by atoms with van der Waals surface area (Å²) in [6.45, 7) is 8.61. The van der Waals surface area contributed by atoms with Gasteiger partial charge in [-0.3, -0.25) is 4.99 Å². The molecular weight excluding hydrogens is 437 g/mol. The van der Waals surface area contributed by atoms with Crippen LogP contribution >= 0.6 is 35.6 Å². The van der Waals surface area contributed by atoms with E-state index in [9.17, 15) is 0 Å². The Balaban J connectivity index is 0.00000288. The van der Waals surface area contributed by atoms with Gasteiger partial charge in [-0.25, -0.2) is 0 Å². The summed E-state index contributed by atoms with van der Waals surface area (Å²) >= 11 is 6.21. The van der Waals surface area contributed by atoms with Gasteiger partial charge in [-0.1, -0.05) is 29.8 Å². The quantitative estimate of drug-likeness (QED) is 0.392. The average Bonchev–Trinajstić information content (AvgIpc) is 2.57. The number of ether oxygens (including phenoxy) is 1. The van der Waals surface area contributed by atoms with E-state index in [4.69, 9.17) is 21.3 Å². The minimum Gasteiger partial charge on any atom is -0.378 e. The number of guanidine groups is 1. The van der Waals surface area contributed by atoms with Gasteiger partial charge in [-0.2, -0.15) is 0 Å². The first kappa shape index (κ1) is 21.5. The molecule has 0 bridgehead atoms. The molecule has 0 aliphatic carbocycles. The van der Waals surface area contributed by atoms with Crippen LogP contribution in [0.15, 0.2) is 29.3 Å². The van der Waals surface area contributed by atoms with Crippen LogP contribution in [0.2, 0.25) is 5.02 Å². The molecule has 136 valence electrons. The van der Waals surface area contributed by atoms with Crippen molar-refractivity contribution in [2.75, 3.05) is 32.8 Å². The van der Waals surface area contributed by atoms with Crippen molar-refractivity contribution in [3.05, 3.63) is 34.9 Å². The monoisotopic (exact) mass is 465 g/mol. The minimum atomic E-state index is 0. The number of nitrogens with zero attached hydrogens (tertiary/aromatic N) is 2. The molecule has 1 aliphatic heterocycles. The van der Waals surface area contributed by atoms with Crippen LogP contribution in [0.4, 0.5) is 0 Å². The van der Waals surface area contributed by atoms with Gasteiger partial charge in [0.1, 0.15) is 0 Å². The van der Waals surface area contributed by atoms with E-state index in [1.807, 2.05) is 18.2 Å². The Morgan fingerprint density at radius 1 is 1.29 bits per heavy atom. The zero-order chi connectivity index (χ0) is 16.5. The van der Waals surface area contributed by atoms with Crippen LogP contribution in [0, 0.1) is 0 Å². The van der Waals surface area contributed by atoms with E-state index >= 15 is 0 Å². The van der Waals surface area contributed by atoms with Gasteiger partial charge in [0.15, 0.2) is 5.96 Å². The van der Waals surface area contributed by atoms with Gasteiger partial charge in [0, 0.05) is 37.8 Å². The molecule has 1 aromatic carbocycles. The zero-order valence-corrected chi connectivity index (χ0v) is 17.7. The molecule has 1 aliphatic rings. The smallest absolute Gasteiger partial charge is 0.193 e. The second kappa shape index (κ2) is 11.9. The first-order chi connectivity index (χ1) is 11.2. The number of hydrogen-bond donors (Lipinski definition) is 1. The molecule has 0 atom stereocenters. The van der Waals surface area contributed by atoms with Gasteiger partial charge >= 0.3 is 0 Å². The zero-order valence-electron chi connectivity index (χ0n) is 14.6. The minimum absolute atomic E-state index is 0. The lowest BCUT2D eigenvalue weighted by atomic mass is 10.1. The summed E-state index contributed by atoms with van der Waals surface area (Å²) in [6, 6.07) is 7.99. The van der Waals surface area contributed by atoms with Crippen molar-refractivity contribution in [3.8, 4) is 0 Å². The fourth-order valence-electron chi connectivity index (χ4n) is 2.88. The molecule has 1 saturated heterocycles. The third-order valence-electron chi connectivity index (χ3n) is 4.08. The Bertz CT molecular complexity index is 505. The van der Waals surface area contributed by atoms with Gasteiger partial charge in [0.25, 0.3) is 0 Å². The Morgan fingerprint density at radius 2 is 2.00 bits per heavy atom. The summed E-state index contributed by atoms with van der Waals surface area (Å²) in [6.07, 6.45) is 3.41. The molecule has 1 heterocycles. The Hall–Kier alpha value is -0.530. The lowest BCUT2D eigenvalue weighted by molar-refractivity contribution is 0.0264. The van der Waals surface area contributed by atoms with Gasteiger partial charge in [0.2, 0.25) is 0 Å². The van der Waals surface area contributed by atoms with Crippen LogP contribution in [-0.2, 0) is 11.2 Å². The molecular formula is C18H29ClIN3O. The fourth-order valence-corrected chi connectivity index (χ4v) is 3.11. The molecule has 24 heavy (non-hydrogen) atoms. The fraction of sp³-hybridized carbons (Fsp3) is 0.611. The second-order valence-corrected chi connectivity index (χ2v) is 6.13. The van der Waals surface area contributed by atoms with Crippen molar-refractivity contribution in [2.45, 2.75) is 39.2 Å². The summed E-state index contributed by atoms with van der Waals surface area (Å²) in [5, 5.41) is 4.23. The third-order valence-corrected chi connectivity index (χ3v) is 4.45. The van der Waals surface area contributed by atoms with Crippen LogP contribution < -0.4 is 5.32 Å². The number of halogens is 2. The van der Waals surface area contributed by atoms with Crippen molar-refractivity contribution in [2.24, 2.45) is 4.99 Å². The van der Waals surface area contributed by atoms with Gasteiger partial charge in [-0.05, 0) is 44.7 Å². The predicted molar refractivity (Wildman–Crippen MR) is 113 cm³/mol. The van der Waals surface area contributed by atoms with Crippen molar-refractivity contribution < 1.29 is 4.74 Å². The van der Waals surface area contributed by atoms with Gasteiger partial charge in [0.05, 0.1) is 6.10 Å². The highest BCUT2D eigenvalue weighted by Crippen LogP contribution is 2.16. The van der Waals surface area contributed by atoms with Crippen molar-refractivity contribution in [1.82, 2.24) is 10.2 Å². The van der Waals surface area contributed by atoms with E-state index in [-0.39, 0.29) is 24.0 Å². The van der Waals surface area contributed by atoms with Crippen LogP contribution in [0.3, 0.4) is 0 Å². The SMILES string of the molecule is CCNC(=NCCc1ccccc1Cl)N1CCC(OCC)CC1.I. The maximum atomic E-state index is 6.21. The Morgan fingerprint density at radius 3 is 2.62 bits per heavy atom. The van der Waals surface area contributed by atoms with Crippen LogP contribution in [0.25, 0.3) is 0 Å². The number of nitrogens with one attached hydrogen (secondary N) is 1. The lowest BCUT2D eigenvalue weighted by Gasteiger charge is -2.34. The van der Waals surface area contributed by atoms with Crippen LogP contribution in [0.5, 0.6) is 0 Å². The lowest BCUT2D eigenvalue weighted by Crippen LogP contribution is -2.47. The highest BCUT2D eigenvalue weighted by Gasteiger charge is 2.21. The highest BCUT2D eigenvalue weighted by atomic mass is 127. The van der Waals surface area contributed by atoms with E-state index in [1.54, 1.807) is 0 Å². The molecule has 1 N–H and O–H groups in total. The summed E-state index contributed by atoms with van der Waals surface area (Å²) in [5.74, 6) is 1.01. The van der Waals surface area contributed by atoms with Crippen molar-refractivity contribution in [1.29, 1.82) is 0 Å². The third kappa shape index (κ3) is 6.76. The highest BCUT2D eigenvalue weighted by molar-refractivity contribution is 14.0. The largest absolute Gasteiger partial charge is 0.378 e. The summed E-state index contributed by atoms with van der Waals surface area (Å²) in [7, 11) is 0. The number of hydrogen-bond acceptors (Lipinski definition) is 2. The maximum absolute atomic E-state index is 6.21. The van der Waals surface area contributed by atoms with Gasteiger partial charge < -0.3 is 15.0 Å². The van der Waals surface area contributed by atoms with Gasteiger partial charge in [-0.15, -0.1) is 24.0 Å². The summed E-state index contributed by atoms with van der Waals surface area (Å²) < 4.78 is 5.72. The second-order valence-electron chi connectivity index (χ2n) is 5.72. The average molecular weight is 466 g/mol. The first-order valence-electron chi connectivity index (χ1n) is 8.62. The molecule has 6 heteroatoms. The normalized spacial score (nSPS) is 16.0. The van der Waals surface area contributed by atoms with Crippen LogP contribution in [-0.4, -0.2) is 49.7 Å². The number of aliphatic imine (C=N–C) groups is 1. The molecule has 0 spiro atoms. The van der Waals surface area contributed by atoms with E-state index in [1.165, 1.54) is 0 Å². The standard InChI is InChI=1S/C18H28ClN3O.HI/c1-3-20-18(22-13-10-16(11-14-22)23-4-2)21-12-9-15-7-5-6-8-17(15)19;/h5-8,16H,3-4,9-14H2,1-2H3,(H,20,21);1H. The number of rotatable bonds is 6. The number of likely N-dealkylation sites (tertiary alicyclic amines) is 1. The Kier molecular flexibility index (Phi) is 10.7. The van der Waals surface area contributed by atoms with Crippen molar-refractivity contribution >= 4 is 41.5 Å². The van der Waals surface area contributed by atoms with Crippen LogP contribution in [0.1, 0.15) is 32.3 Å². The number of piperidine rings is 1.